The predicted octanol–water partition coefficient (Wildman–Crippen LogP) is 3.25. The molecule has 0 radical (unpaired) electrons. The number of hydrogen-bond acceptors (Lipinski definition) is 9. The average Bonchev–Trinajstić information content (AvgIpc) is 2.78. The van der Waals surface area contributed by atoms with Crippen molar-refractivity contribution in [1.82, 2.24) is 5.32 Å². The maximum absolute atomic E-state index is 6.30. The van der Waals surface area contributed by atoms with E-state index in [4.69, 9.17) is 36.0 Å². The molecule has 0 bridgehead atoms. The van der Waals surface area contributed by atoms with Crippen molar-refractivity contribution in [1.29, 1.82) is 0 Å². The average molecular weight is 486 g/mol. The summed E-state index contributed by atoms with van der Waals surface area (Å²) in [6, 6.07) is 0. The first-order valence-corrected chi connectivity index (χ1v) is 14.8. The van der Waals surface area contributed by atoms with E-state index >= 15 is 0 Å². The number of nitrogens with one attached hydrogen (secondary N) is 1. The Balaban J connectivity index is 5.24. The highest BCUT2D eigenvalue weighted by molar-refractivity contribution is 6.62. The van der Waals surface area contributed by atoms with Gasteiger partial charge in [-0.25, -0.2) is 0 Å². The molecular weight excluding hydrogens is 438 g/mol. The van der Waals surface area contributed by atoms with Crippen LogP contribution in [0.3, 0.4) is 0 Å². The van der Waals surface area contributed by atoms with Crippen LogP contribution in [0.2, 0.25) is 0 Å². The Morgan fingerprint density at radius 2 is 0.871 bits per heavy atom. The normalized spacial score (nSPS) is 16.8. The quantitative estimate of drug-likeness (QED) is 0.206. The van der Waals surface area contributed by atoms with E-state index in [-0.39, 0.29) is 23.9 Å². The van der Waals surface area contributed by atoms with E-state index in [1.807, 2.05) is 13.8 Å². The molecule has 188 valence electrons. The predicted molar refractivity (Wildman–Crippen MR) is 124 cm³/mol. The number of hydrogen-bond donors (Lipinski definition) is 1. The molecular formula is C20H47NO8Si2. The van der Waals surface area contributed by atoms with Crippen molar-refractivity contribution in [2.24, 2.45) is 0 Å². The lowest BCUT2D eigenvalue weighted by Gasteiger charge is -2.36. The Bertz CT molecular complexity index is 387. The van der Waals surface area contributed by atoms with Crippen molar-refractivity contribution in [3.63, 3.8) is 0 Å². The Labute approximate surface area is 192 Å². The Kier molecular flexibility index (Phi) is 16.7. The van der Waals surface area contributed by atoms with E-state index in [1.165, 1.54) is 0 Å². The van der Waals surface area contributed by atoms with Gasteiger partial charge in [0.2, 0.25) is 0 Å². The maximum Gasteiger partial charge on any atom is 0.530 e. The van der Waals surface area contributed by atoms with Gasteiger partial charge in [-0.05, 0) is 26.7 Å². The molecule has 0 saturated heterocycles. The molecule has 4 atom stereocenters. The molecule has 31 heavy (non-hydrogen) atoms. The molecule has 0 amide bonds. The summed E-state index contributed by atoms with van der Waals surface area (Å²) in [4.78, 5) is 0. The minimum atomic E-state index is -2.95. The first kappa shape index (κ1) is 31.1. The molecule has 0 aliphatic heterocycles. The first-order valence-electron chi connectivity index (χ1n) is 11.2. The largest absolute Gasteiger partial charge is 0.530 e. The van der Waals surface area contributed by atoms with E-state index in [2.05, 4.69) is 19.2 Å². The van der Waals surface area contributed by atoms with E-state index in [0.717, 1.165) is 38.5 Å². The van der Waals surface area contributed by atoms with Crippen LogP contribution in [0, 0.1) is 0 Å². The fourth-order valence-electron chi connectivity index (χ4n) is 3.63. The minimum absolute atomic E-state index is 0.288. The van der Waals surface area contributed by atoms with Crippen LogP contribution in [0.4, 0.5) is 0 Å². The van der Waals surface area contributed by atoms with Gasteiger partial charge in [0.15, 0.2) is 0 Å². The van der Waals surface area contributed by atoms with Gasteiger partial charge >= 0.3 is 17.6 Å². The van der Waals surface area contributed by atoms with Gasteiger partial charge in [-0.15, -0.1) is 0 Å². The lowest BCUT2D eigenvalue weighted by molar-refractivity contribution is -0.0877. The molecule has 0 heterocycles. The highest BCUT2D eigenvalue weighted by Crippen LogP contribution is 2.23. The summed E-state index contributed by atoms with van der Waals surface area (Å²) >= 11 is 0. The first-order chi connectivity index (χ1) is 14.8. The van der Waals surface area contributed by atoms with Crippen molar-refractivity contribution in [3.05, 3.63) is 0 Å². The fourth-order valence-corrected chi connectivity index (χ4v) is 8.06. The zero-order valence-electron chi connectivity index (χ0n) is 21.3. The molecule has 0 aromatic carbocycles. The fraction of sp³-hybridized carbons (Fsp3) is 1.00. The number of unbranched alkanes of at least 4 members (excludes halogenated alkanes) is 2. The van der Waals surface area contributed by atoms with Crippen LogP contribution in [0.5, 0.6) is 0 Å². The zero-order valence-corrected chi connectivity index (χ0v) is 23.3. The Morgan fingerprint density at radius 1 is 0.581 bits per heavy atom. The Morgan fingerprint density at radius 3 is 1.10 bits per heavy atom. The highest BCUT2D eigenvalue weighted by atomic mass is 28.4. The van der Waals surface area contributed by atoms with Crippen LogP contribution < -0.4 is 5.32 Å². The summed E-state index contributed by atoms with van der Waals surface area (Å²) in [6.45, 7) is 8.15. The van der Waals surface area contributed by atoms with Crippen LogP contribution in [-0.4, -0.2) is 84.2 Å². The molecule has 1 N–H and O–H groups in total. The van der Waals surface area contributed by atoms with Gasteiger partial charge in [-0.2, -0.15) is 0 Å². The molecule has 0 aromatic rings. The van der Waals surface area contributed by atoms with E-state index in [1.54, 1.807) is 42.7 Å². The van der Waals surface area contributed by atoms with E-state index < -0.39 is 17.6 Å². The monoisotopic (exact) mass is 485 g/mol. The molecule has 0 fully saturated rings. The summed E-state index contributed by atoms with van der Waals surface area (Å²) in [7, 11) is 3.73. The van der Waals surface area contributed by atoms with Gasteiger partial charge in [0.25, 0.3) is 0 Å². The Hall–Kier alpha value is 0.0738. The van der Waals surface area contributed by atoms with E-state index in [9.17, 15) is 0 Å². The topological polar surface area (TPSA) is 85.9 Å². The van der Waals surface area contributed by atoms with Gasteiger partial charge in [0, 0.05) is 42.7 Å². The van der Waals surface area contributed by atoms with Gasteiger partial charge in [-0.1, -0.05) is 39.5 Å². The summed E-state index contributed by atoms with van der Waals surface area (Å²) in [6.07, 6.45) is 4.98. The smallest absolute Gasteiger partial charge is 0.375 e. The van der Waals surface area contributed by atoms with Crippen molar-refractivity contribution < 1.29 is 36.0 Å². The standard InChI is InChI=1S/C20H47NO8Si2/c1-11-13-15-19(30(22-5,23-6)24-7)28-17(3)21-18(4)29-20(16-14-12-2)31(25-8,26-9)27-10/h17-21H,11-16H2,1-10H3. The van der Waals surface area contributed by atoms with Gasteiger partial charge in [0.1, 0.15) is 23.9 Å². The third-order valence-electron chi connectivity index (χ3n) is 5.34. The number of rotatable bonds is 20. The van der Waals surface area contributed by atoms with E-state index in [0.29, 0.717) is 0 Å². The third kappa shape index (κ3) is 9.45. The van der Waals surface area contributed by atoms with Crippen LogP contribution >= 0.6 is 0 Å². The van der Waals surface area contributed by atoms with Gasteiger partial charge in [-0.3, -0.25) is 5.32 Å². The SMILES string of the molecule is CCCCC(OC(C)NC(C)OC(CCCC)[Si](OC)(OC)OC)[Si](OC)(OC)OC. The summed E-state index contributed by atoms with van der Waals surface area (Å²) in [5.74, 6) is 0. The van der Waals surface area contributed by atoms with Crippen molar-refractivity contribution in [3.8, 4) is 0 Å². The molecule has 9 nitrogen and oxygen atoms in total. The second-order valence-corrected chi connectivity index (χ2v) is 13.6. The highest BCUT2D eigenvalue weighted by Gasteiger charge is 2.50. The lowest BCUT2D eigenvalue weighted by atomic mass is 10.2. The maximum atomic E-state index is 6.30. The molecule has 11 heteroatoms. The van der Waals surface area contributed by atoms with Gasteiger partial charge < -0.3 is 36.0 Å². The van der Waals surface area contributed by atoms with Crippen LogP contribution in [-0.2, 0) is 36.0 Å². The second-order valence-electron chi connectivity index (χ2n) is 7.42. The van der Waals surface area contributed by atoms with Gasteiger partial charge in [0.05, 0.1) is 0 Å². The molecule has 0 rings (SSSR count). The summed E-state index contributed by atoms with van der Waals surface area (Å²) < 4.78 is 46.6. The molecule has 0 spiro atoms. The van der Waals surface area contributed by atoms with Crippen molar-refractivity contribution in [2.45, 2.75) is 90.1 Å². The molecule has 0 aliphatic rings. The van der Waals surface area contributed by atoms with Crippen LogP contribution in [0.15, 0.2) is 0 Å². The number of ether oxygens (including phenoxy) is 2. The summed E-state index contributed by atoms with van der Waals surface area (Å²) in [5, 5.41) is 3.35. The molecule has 0 aromatic heterocycles. The van der Waals surface area contributed by atoms with Crippen molar-refractivity contribution >= 4 is 17.6 Å². The zero-order chi connectivity index (χ0) is 23.9. The molecule has 4 unspecified atom stereocenters. The molecule has 0 aliphatic carbocycles. The summed E-state index contributed by atoms with van der Waals surface area (Å²) in [5.41, 5.74) is -0.577. The van der Waals surface area contributed by atoms with Crippen LogP contribution in [0.25, 0.3) is 0 Å². The third-order valence-corrected chi connectivity index (χ3v) is 11.2. The lowest BCUT2D eigenvalue weighted by Crippen LogP contribution is -2.59. The second kappa shape index (κ2) is 16.7. The van der Waals surface area contributed by atoms with Crippen molar-refractivity contribution in [2.75, 3.05) is 42.7 Å². The van der Waals surface area contributed by atoms with Crippen LogP contribution in [0.1, 0.15) is 66.2 Å². The minimum Gasteiger partial charge on any atom is -0.375 e. The molecule has 0 saturated carbocycles.